The number of carbonyl (C=O) groups is 1. The molecule has 1 aliphatic heterocycles. The monoisotopic (exact) mass is 436 g/mol. The molecule has 12 heteroatoms. The van der Waals surface area contributed by atoms with E-state index in [-0.39, 0.29) is 23.3 Å². The van der Waals surface area contributed by atoms with Gasteiger partial charge in [-0.05, 0) is 12.1 Å². The molecule has 1 atom stereocenters. The lowest BCUT2D eigenvalue weighted by atomic mass is 10.1. The Hall–Kier alpha value is -2.66. The maximum Gasteiger partial charge on any atom is 0.433 e. The second-order valence-corrected chi connectivity index (χ2v) is 6.38. The van der Waals surface area contributed by atoms with Gasteiger partial charge in [0, 0.05) is 12.5 Å². The Morgan fingerprint density at radius 2 is 2.07 bits per heavy atom. The maximum absolute atomic E-state index is 14.5. The maximum atomic E-state index is 14.5. The second-order valence-electron chi connectivity index (χ2n) is 5.97. The van der Waals surface area contributed by atoms with Crippen LogP contribution in [0.3, 0.4) is 0 Å². The molecule has 1 aromatic carbocycles. The number of hydrogen-bond acceptors (Lipinski definition) is 6. The van der Waals surface area contributed by atoms with E-state index in [1.165, 1.54) is 0 Å². The molecular weight excluding hydrogens is 424 g/mol. The largest absolute Gasteiger partial charge is 0.468 e. The molecule has 0 amide bonds. The van der Waals surface area contributed by atoms with E-state index >= 15 is 0 Å². The summed E-state index contributed by atoms with van der Waals surface area (Å²) in [5, 5.41) is -0.304. The van der Waals surface area contributed by atoms with E-state index in [1.807, 2.05) is 0 Å². The van der Waals surface area contributed by atoms with Crippen LogP contribution >= 0.6 is 11.6 Å². The zero-order valence-corrected chi connectivity index (χ0v) is 15.5. The Morgan fingerprint density at radius 1 is 1.34 bits per heavy atom. The van der Waals surface area contributed by atoms with Crippen molar-refractivity contribution in [2.75, 3.05) is 20.3 Å². The number of alkyl halides is 3. The summed E-state index contributed by atoms with van der Waals surface area (Å²) in [6.07, 6.45) is -4.97. The van der Waals surface area contributed by atoms with Crippen LogP contribution in [-0.2, 0) is 15.7 Å². The molecule has 7 nitrogen and oxygen atoms in total. The molecule has 1 aromatic heterocycles. The summed E-state index contributed by atoms with van der Waals surface area (Å²) in [5.74, 6) is -1.99. The van der Waals surface area contributed by atoms with Crippen LogP contribution in [-0.4, -0.2) is 41.9 Å². The first kappa shape index (κ1) is 21.1. The smallest absolute Gasteiger partial charge is 0.433 e. The Balaban J connectivity index is 2.09. The van der Waals surface area contributed by atoms with Crippen molar-refractivity contribution < 1.29 is 36.6 Å². The normalized spacial score (nSPS) is 16.7. The van der Waals surface area contributed by atoms with E-state index in [0.717, 1.165) is 19.2 Å². The first-order chi connectivity index (χ1) is 13.6. The van der Waals surface area contributed by atoms with Gasteiger partial charge in [0.25, 0.3) is 5.56 Å². The summed E-state index contributed by atoms with van der Waals surface area (Å²) in [4.78, 5) is 27.9. The van der Waals surface area contributed by atoms with Crippen LogP contribution in [0.5, 0.6) is 6.01 Å². The third-order valence-corrected chi connectivity index (χ3v) is 4.33. The molecule has 156 valence electrons. The van der Waals surface area contributed by atoms with Crippen molar-refractivity contribution in [2.45, 2.75) is 18.7 Å². The van der Waals surface area contributed by atoms with Crippen LogP contribution in [0.25, 0.3) is 5.69 Å². The molecule has 0 radical (unpaired) electrons. The van der Waals surface area contributed by atoms with Gasteiger partial charge >= 0.3 is 18.2 Å². The molecule has 0 N–H and O–H groups in total. The van der Waals surface area contributed by atoms with Crippen LogP contribution < -0.4 is 10.3 Å². The molecule has 0 bridgehead atoms. The van der Waals surface area contributed by atoms with Gasteiger partial charge in [-0.25, -0.2) is 13.8 Å². The van der Waals surface area contributed by atoms with Gasteiger partial charge in [-0.3, -0.25) is 4.79 Å². The van der Waals surface area contributed by atoms with Gasteiger partial charge in [0.15, 0.2) is 5.69 Å². The van der Waals surface area contributed by atoms with Gasteiger partial charge in [-0.2, -0.15) is 18.2 Å². The van der Waals surface area contributed by atoms with Crippen molar-refractivity contribution in [1.29, 1.82) is 0 Å². The Labute approximate surface area is 165 Å². The van der Waals surface area contributed by atoms with E-state index in [1.54, 1.807) is 0 Å². The molecule has 2 aromatic rings. The summed E-state index contributed by atoms with van der Waals surface area (Å²) in [6, 6.07) is 0.982. The number of hydrogen-bond donors (Lipinski definition) is 0. The van der Waals surface area contributed by atoms with Crippen molar-refractivity contribution in [1.82, 2.24) is 9.55 Å². The lowest BCUT2D eigenvalue weighted by molar-refractivity contribution is -0.141. The number of aromatic nitrogens is 2. The molecule has 1 saturated heterocycles. The molecule has 0 saturated carbocycles. The SMILES string of the molecule is COc1nc(C(F)(F)F)cc(=O)n1-c1cc(C(=O)OC2CCOC2)c(Cl)cc1F. The molecule has 0 aliphatic carbocycles. The van der Waals surface area contributed by atoms with Crippen LogP contribution in [0, 0.1) is 5.82 Å². The van der Waals surface area contributed by atoms with Gasteiger partial charge in [-0.15, -0.1) is 0 Å². The van der Waals surface area contributed by atoms with E-state index in [9.17, 15) is 27.2 Å². The molecule has 1 fully saturated rings. The van der Waals surface area contributed by atoms with Crippen LogP contribution in [0.4, 0.5) is 17.6 Å². The fourth-order valence-electron chi connectivity index (χ4n) is 2.65. The zero-order chi connectivity index (χ0) is 21.3. The number of methoxy groups -OCH3 is 1. The highest BCUT2D eigenvalue weighted by molar-refractivity contribution is 6.33. The molecule has 29 heavy (non-hydrogen) atoms. The molecule has 2 heterocycles. The number of benzene rings is 1. The van der Waals surface area contributed by atoms with Crippen LogP contribution in [0.15, 0.2) is 23.0 Å². The van der Waals surface area contributed by atoms with Gasteiger partial charge in [0.1, 0.15) is 11.9 Å². The van der Waals surface area contributed by atoms with Crippen molar-refractivity contribution in [3.63, 3.8) is 0 Å². The second kappa shape index (κ2) is 7.99. The number of carbonyl (C=O) groups excluding carboxylic acids is 1. The van der Waals surface area contributed by atoms with E-state index in [4.69, 9.17) is 25.8 Å². The minimum Gasteiger partial charge on any atom is -0.468 e. The zero-order valence-electron chi connectivity index (χ0n) is 14.8. The van der Waals surface area contributed by atoms with E-state index in [0.29, 0.717) is 17.6 Å². The lowest BCUT2D eigenvalue weighted by Crippen LogP contribution is -2.26. The van der Waals surface area contributed by atoms with Gasteiger partial charge in [0.05, 0.1) is 36.6 Å². The molecule has 1 unspecified atom stereocenters. The topological polar surface area (TPSA) is 79.7 Å². The summed E-state index contributed by atoms with van der Waals surface area (Å²) in [6.45, 7) is 0.595. The van der Waals surface area contributed by atoms with Gasteiger partial charge in [-0.1, -0.05) is 11.6 Å². The van der Waals surface area contributed by atoms with Crippen molar-refractivity contribution in [3.05, 3.63) is 50.7 Å². The van der Waals surface area contributed by atoms with Crippen molar-refractivity contribution in [2.24, 2.45) is 0 Å². The minimum atomic E-state index is -4.91. The van der Waals surface area contributed by atoms with Gasteiger partial charge in [0.2, 0.25) is 0 Å². The number of rotatable bonds is 4. The van der Waals surface area contributed by atoms with Crippen molar-refractivity contribution >= 4 is 17.6 Å². The Kier molecular flexibility index (Phi) is 5.80. The average molecular weight is 437 g/mol. The highest BCUT2D eigenvalue weighted by Gasteiger charge is 2.35. The third kappa shape index (κ3) is 4.35. The first-order valence-corrected chi connectivity index (χ1v) is 8.53. The molecular formula is C17H13ClF4N2O5. The number of ether oxygens (including phenoxy) is 3. The van der Waals surface area contributed by atoms with Gasteiger partial charge < -0.3 is 14.2 Å². The van der Waals surface area contributed by atoms with E-state index in [2.05, 4.69) is 4.98 Å². The lowest BCUT2D eigenvalue weighted by Gasteiger charge is -2.16. The highest BCUT2D eigenvalue weighted by atomic mass is 35.5. The summed E-state index contributed by atoms with van der Waals surface area (Å²) < 4.78 is 68.6. The fraction of sp³-hybridized carbons (Fsp3) is 0.353. The summed E-state index contributed by atoms with van der Waals surface area (Å²) in [5.41, 5.74) is -3.64. The Bertz CT molecular complexity index is 1000. The first-order valence-electron chi connectivity index (χ1n) is 8.15. The van der Waals surface area contributed by atoms with Crippen LogP contribution in [0.2, 0.25) is 5.02 Å². The standard InChI is InChI=1S/C17H13ClF4N2O5/c1-27-16-23-13(17(20,21)22)6-14(25)24(16)12-4-9(10(18)5-11(12)19)15(26)29-8-2-3-28-7-8/h4-6,8H,2-3,7H2,1H3. The number of nitrogens with zero attached hydrogens (tertiary/aromatic N) is 2. The summed E-state index contributed by atoms with van der Waals surface area (Å²) in [7, 11) is 0.960. The molecule has 1 aliphatic rings. The quantitative estimate of drug-likeness (QED) is 0.541. The minimum absolute atomic E-state index is 0.185. The van der Waals surface area contributed by atoms with E-state index < -0.39 is 47.0 Å². The molecule has 0 spiro atoms. The van der Waals surface area contributed by atoms with Crippen LogP contribution in [0.1, 0.15) is 22.5 Å². The predicted octanol–water partition coefficient (Wildman–Crippen LogP) is 3.00. The fourth-order valence-corrected chi connectivity index (χ4v) is 2.88. The van der Waals surface area contributed by atoms with Crippen molar-refractivity contribution in [3.8, 4) is 11.7 Å². The average Bonchev–Trinajstić information content (AvgIpc) is 3.13. The predicted molar refractivity (Wildman–Crippen MR) is 91.0 cm³/mol. The highest BCUT2D eigenvalue weighted by Crippen LogP contribution is 2.30. The number of esters is 1. The summed E-state index contributed by atoms with van der Waals surface area (Å²) >= 11 is 5.91. The molecule has 3 rings (SSSR count). The number of halogens is 5. The third-order valence-electron chi connectivity index (χ3n) is 4.02. The Morgan fingerprint density at radius 3 is 2.66 bits per heavy atom.